The van der Waals surface area contributed by atoms with Gasteiger partial charge < -0.3 is 45.6 Å². The number of para-hydroxylation sites is 2. The quantitative estimate of drug-likeness (QED) is 0.0223. The van der Waals surface area contributed by atoms with Gasteiger partial charge in [0.25, 0.3) is 5.91 Å². The van der Waals surface area contributed by atoms with Crippen LogP contribution >= 0.6 is 0 Å². The van der Waals surface area contributed by atoms with E-state index in [0.717, 1.165) is 11.1 Å². The van der Waals surface area contributed by atoms with Crippen LogP contribution in [-0.4, -0.2) is 76.2 Å². The van der Waals surface area contributed by atoms with Crippen molar-refractivity contribution in [2.45, 2.75) is 67.9 Å². The first kappa shape index (κ1) is 55.3. The number of anilines is 3. The van der Waals surface area contributed by atoms with Crippen molar-refractivity contribution in [1.29, 1.82) is 0 Å². The normalized spacial score (nSPS) is 10.3. The Morgan fingerprint density at radius 2 is 1.08 bits per heavy atom. The summed E-state index contributed by atoms with van der Waals surface area (Å²) in [4.78, 5) is 24.9. The summed E-state index contributed by atoms with van der Waals surface area (Å²) in [5.74, 6) is 8.37. The second-order valence-electron chi connectivity index (χ2n) is 11.8. The highest BCUT2D eigenvalue weighted by atomic mass is 16.6. The number of terminal acetylenes is 1. The molecule has 12 heteroatoms. The van der Waals surface area contributed by atoms with Gasteiger partial charge in [0.15, 0.2) is 0 Å². The molecule has 0 spiro atoms. The Morgan fingerprint density at radius 1 is 0.639 bits per heavy atom. The number of amides is 2. The smallest absolute Gasteiger partial charge is 0.255 e. The molecule has 4 aromatic carbocycles. The highest BCUT2D eigenvalue weighted by Gasteiger charge is 2.38. The first-order valence-electron chi connectivity index (χ1n) is 21.2. The zero-order valence-corrected chi connectivity index (χ0v) is 38.0. The van der Waals surface area contributed by atoms with E-state index < -0.39 is 5.54 Å². The van der Waals surface area contributed by atoms with Crippen LogP contribution in [0.5, 0.6) is 0 Å². The van der Waals surface area contributed by atoms with Gasteiger partial charge in [-0.25, -0.2) is 5.84 Å². The van der Waals surface area contributed by atoms with Gasteiger partial charge >= 0.3 is 0 Å². The summed E-state index contributed by atoms with van der Waals surface area (Å²) in [7, 11) is 0. The third kappa shape index (κ3) is 20.4. The molecule has 0 saturated carbocycles. The van der Waals surface area contributed by atoms with Crippen LogP contribution in [0.2, 0.25) is 0 Å². The van der Waals surface area contributed by atoms with Gasteiger partial charge in [0, 0.05) is 24.4 Å². The lowest BCUT2D eigenvalue weighted by Gasteiger charge is -2.38. The molecule has 61 heavy (non-hydrogen) atoms. The summed E-state index contributed by atoms with van der Waals surface area (Å²) in [6.45, 7) is 21.0. The van der Waals surface area contributed by atoms with Gasteiger partial charge in [-0.05, 0) is 47.5 Å². The number of hydrogen-bond donors (Lipinski definition) is 5. The number of hydrogen-bond acceptors (Lipinski definition) is 10. The third-order valence-electron chi connectivity index (χ3n) is 7.91. The van der Waals surface area contributed by atoms with Crippen molar-refractivity contribution < 1.29 is 28.5 Å². The van der Waals surface area contributed by atoms with E-state index >= 15 is 0 Å². The third-order valence-corrected chi connectivity index (χ3v) is 7.91. The molecule has 0 atom stereocenters. The van der Waals surface area contributed by atoms with Gasteiger partial charge in [-0.15, -0.1) is 6.42 Å². The molecule has 4 rings (SSSR count). The number of carbonyl (C=O) groups is 2. The van der Waals surface area contributed by atoms with Crippen molar-refractivity contribution in [2.24, 2.45) is 11.6 Å². The van der Waals surface area contributed by atoms with E-state index in [2.05, 4.69) is 21.9 Å². The Kier molecular flexibility index (Phi) is 31.8. The minimum atomic E-state index is -1.12. The molecule has 4 aromatic rings. The fourth-order valence-electron chi connectivity index (χ4n) is 5.40. The Hall–Kier alpha value is -5.68. The SMILES string of the molecule is C#CCOCCOCCOCCOCCN(N)/C=C(\N)C(Nc1ccccc1NC(=O)c1ccc(NC(C)=O)cc1)(c1ccccc1)c1ccccc1.CC.CC.CC.CC. The van der Waals surface area contributed by atoms with E-state index in [4.69, 9.17) is 36.9 Å². The van der Waals surface area contributed by atoms with E-state index in [1.165, 1.54) is 11.9 Å². The Bertz CT molecular complexity index is 1740. The summed E-state index contributed by atoms with van der Waals surface area (Å²) in [5, 5.41) is 10.9. The average molecular weight is 841 g/mol. The molecule has 0 aliphatic carbocycles. The van der Waals surface area contributed by atoms with Crippen LogP contribution < -0.4 is 27.5 Å². The van der Waals surface area contributed by atoms with Crippen molar-refractivity contribution in [1.82, 2.24) is 5.01 Å². The molecule has 2 amide bonds. The van der Waals surface area contributed by atoms with Crippen molar-refractivity contribution >= 4 is 28.9 Å². The fraction of sp³-hybridized carbons (Fsp3) is 0.388. The van der Waals surface area contributed by atoms with E-state index in [1.54, 1.807) is 30.5 Å². The maximum absolute atomic E-state index is 13.4. The molecule has 7 N–H and O–H groups in total. The van der Waals surface area contributed by atoms with Crippen molar-refractivity contribution in [3.63, 3.8) is 0 Å². The molecule has 0 aliphatic rings. The summed E-state index contributed by atoms with van der Waals surface area (Å²) in [6, 6.07) is 33.7. The number of ether oxygens (including phenoxy) is 4. The van der Waals surface area contributed by atoms with E-state index in [1.807, 2.05) is 140 Å². The maximum Gasteiger partial charge on any atom is 0.255 e. The number of rotatable bonds is 22. The number of benzene rings is 4. The number of nitrogens with one attached hydrogen (secondary N) is 3. The summed E-state index contributed by atoms with van der Waals surface area (Å²) in [5.41, 5.74) is 10.2. The highest BCUT2D eigenvalue weighted by molar-refractivity contribution is 6.06. The average Bonchev–Trinajstić information content (AvgIpc) is 3.31. The molecule has 0 saturated heterocycles. The predicted octanol–water partition coefficient (Wildman–Crippen LogP) is 9.03. The lowest BCUT2D eigenvalue weighted by atomic mass is 9.79. The molecule has 0 radical (unpaired) electrons. The zero-order valence-electron chi connectivity index (χ0n) is 38.0. The molecule has 0 aliphatic heterocycles. The van der Waals surface area contributed by atoms with Gasteiger partial charge in [-0.2, -0.15) is 0 Å². The highest BCUT2D eigenvalue weighted by Crippen LogP contribution is 2.40. The van der Waals surface area contributed by atoms with Crippen LogP contribution in [0.15, 0.2) is 121 Å². The molecule has 0 aromatic heterocycles. The van der Waals surface area contributed by atoms with Crippen LogP contribution in [-0.2, 0) is 29.3 Å². The number of hydrazine groups is 1. The second kappa shape index (κ2) is 35.1. The lowest BCUT2D eigenvalue weighted by Crippen LogP contribution is -2.44. The standard InChI is InChI=1S/C41H48N6O6.4C2H6/c1-3-23-50-25-27-52-29-30-53-28-26-51-24-22-47(43)31-39(42)41(34-12-6-4-7-13-34,35-14-8-5-9-15-35)46-38-17-11-10-16-37(38)45-40(49)33-18-20-36(21-19-33)44-32(2)48;4*1-2/h1,4-21,31,46H,22-30,42-43H2,2H3,(H,44,48)(H,45,49);4*1-2H3/b39-31-;;;;. The van der Waals surface area contributed by atoms with Crippen molar-refractivity contribution in [2.75, 3.05) is 75.4 Å². The van der Waals surface area contributed by atoms with Gasteiger partial charge in [-0.1, -0.05) is 134 Å². The number of carbonyl (C=O) groups excluding carboxylic acids is 2. The summed E-state index contributed by atoms with van der Waals surface area (Å²) in [6.07, 6.45) is 6.83. The minimum Gasteiger partial charge on any atom is -0.398 e. The predicted molar refractivity (Wildman–Crippen MR) is 253 cm³/mol. The molecule has 0 heterocycles. The molecule has 0 bridgehead atoms. The van der Waals surface area contributed by atoms with E-state index in [9.17, 15) is 9.59 Å². The number of nitrogens with zero attached hydrogens (tertiary/aromatic N) is 1. The second-order valence-corrected chi connectivity index (χ2v) is 11.8. The molecular formula is C49H72N6O6. The summed E-state index contributed by atoms with van der Waals surface area (Å²) >= 11 is 0. The molecule has 334 valence electrons. The minimum absolute atomic E-state index is 0.193. The van der Waals surface area contributed by atoms with E-state index in [0.29, 0.717) is 81.1 Å². The zero-order chi connectivity index (χ0) is 45.7. The maximum atomic E-state index is 13.4. The Morgan fingerprint density at radius 3 is 1.56 bits per heavy atom. The van der Waals surface area contributed by atoms with Gasteiger partial charge in [0.2, 0.25) is 5.91 Å². The van der Waals surface area contributed by atoms with Crippen LogP contribution in [0.1, 0.15) is 83.8 Å². The molecule has 12 nitrogen and oxygen atoms in total. The van der Waals surface area contributed by atoms with Crippen LogP contribution in [0.3, 0.4) is 0 Å². The Labute approximate surface area is 366 Å². The lowest BCUT2D eigenvalue weighted by molar-refractivity contribution is -0.114. The first-order valence-corrected chi connectivity index (χ1v) is 21.2. The van der Waals surface area contributed by atoms with Crippen molar-refractivity contribution in [3.8, 4) is 12.3 Å². The van der Waals surface area contributed by atoms with Crippen molar-refractivity contribution in [3.05, 3.63) is 138 Å². The largest absolute Gasteiger partial charge is 0.398 e. The molecular weight excluding hydrogens is 769 g/mol. The van der Waals surface area contributed by atoms with Gasteiger partial charge in [0.05, 0.1) is 69.9 Å². The Balaban J connectivity index is 0.00000424. The van der Waals surface area contributed by atoms with Gasteiger partial charge in [-0.3, -0.25) is 9.59 Å². The van der Waals surface area contributed by atoms with Gasteiger partial charge in [0.1, 0.15) is 12.1 Å². The summed E-state index contributed by atoms with van der Waals surface area (Å²) < 4.78 is 21.9. The van der Waals surface area contributed by atoms with Crippen LogP contribution in [0, 0.1) is 12.3 Å². The molecule has 0 fully saturated rings. The molecule has 0 unspecified atom stereocenters. The van der Waals surface area contributed by atoms with E-state index in [-0.39, 0.29) is 18.4 Å². The topological polar surface area (TPSA) is 162 Å². The first-order chi connectivity index (χ1) is 29.8. The van der Waals surface area contributed by atoms with Crippen LogP contribution in [0.4, 0.5) is 17.1 Å². The number of nitrogens with two attached hydrogens (primary N) is 2. The monoisotopic (exact) mass is 841 g/mol. The fourth-order valence-corrected chi connectivity index (χ4v) is 5.40. The van der Waals surface area contributed by atoms with Crippen LogP contribution in [0.25, 0.3) is 0 Å².